The van der Waals surface area contributed by atoms with Crippen LogP contribution >= 0.6 is 0 Å². The number of allylic oxidation sites excluding steroid dienone is 4. The second-order valence-corrected chi connectivity index (χ2v) is 8.18. The van der Waals surface area contributed by atoms with Crippen LogP contribution in [0, 0.1) is 30.0 Å². The Labute approximate surface area is 186 Å². The number of pyridine rings is 1. The molecule has 0 saturated heterocycles. The fourth-order valence-electron chi connectivity index (χ4n) is 4.18. The van der Waals surface area contributed by atoms with E-state index in [2.05, 4.69) is 25.6 Å². The highest BCUT2D eigenvalue weighted by molar-refractivity contribution is 5.94. The van der Waals surface area contributed by atoms with Crippen molar-refractivity contribution in [2.75, 3.05) is 17.2 Å². The molecule has 0 aliphatic heterocycles. The summed E-state index contributed by atoms with van der Waals surface area (Å²) in [7, 11) is 0. The predicted molar refractivity (Wildman–Crippen MR) is 110 cm³/mol. The molecule has 3 atom stereocenters. The van der Waals surface area contributed by atoms with E-state index >= 15 is 0 Å². The molecular weight excluding hydrogens is 445 g/mol. The normalized spacial score (nSPS) is 24.2. The van der Waals surface area contributed by atoms with Crippen molar-refractivity contribution in [2.24, 2.45) is 17.3 Å². The number of nitrogens with zero attached hydrogens (tertiary/aromatic N) is 3. The van der Waals surface area contributed by atoms with Gasteiger partial charge in [-0.05, 0) is 37.5 Å². The summed E-state index contributed by atoms with van der Waals surface area (Å²) in [4.78, 5) is 24.0. The fourth-order valence-corrected chi connectivity index (χ4v) is 4.18. The third-order valence-electron chi connectivity index (χ3n) is 5.97. The maximum Gasteiger partial charge on any atom is 0.435 e. The van der Waals surface area contributed by atoms with Crippen LogP contribution in [0.1, 0.15) is 24.4 Å². The fraction of sp³-hybridized carbons (Fsp3) is 0.364. The van der Waals surface area contributed by atoms with Gasteiger partial charge in [0.15, 0.2) is 5.69 Å². The first-order chi connectivity index (χ1) is 15.6. The van der Waals surface area contributed by atoms with E-state index in [0.29, 0.717) is 6.42 Å². The third-order valence-corrected chi connectivity index (χ3v) is 5.97. The monoisotopic (exact) mass is 465 g/mol. The number of amides is 1. The Bertz CT molecular complexity index is 1120. The van der Waals surface area contributed by atoms with Crippen molar-refractivity contribution in [2.45, 2.75) is 25.9 Å². The zero-order valence-corrected chi connectivity index (χ0v) is 17.5. The van der Waals surface area contributed by atoms with Crippen LogP contribution in [0.5, 0.6) is 0 Å². The number of aromatic nitrogens is 3. The van der Waals surface area contributed by atoms with Gasteiger partial charge in [-0.3, -0.25) is 4.79 Å². The van der Waals surface area contributed by atoms with Crippen LogP contribution < -0.4 is 10.6 Å². The van der Waals surface area contributed by atoms with Crippen LogP contribution in [-0.4, -0.2) is 27.4 Å². The lowest BCUT2D eigenvalue weighted by atomic mass is 9.81. The van der Waals surface area contributed by atoms with E-state index in [0.717, 1.165) is 18.5 Å². The molecule has 0 bridgehead atoms. The highest BCUT2D eigenvalue weighted by Gasteiger charge is 2.61. The number of alkyl halides is 3. The SMILES string of the molecule is Cc1ncc(NC[C@@]2(C3C=CC=C(F)C3)C[C@H]2C(=O)Nc2ccc(F)cn2)c(C(F)(F)F)n1. The Morgan fingerprint density at radius 2 is 2.00 bits per heavy atom. The number of carbonyl (C=O) groups excluding carboxylic acids is 1. The molecule has 6 nitrogen and oxygen atoms in total. The van der Waals surface area contributed by atoms with Crippen LogP contribution in [0.2, 0.25) is 0 Å². The third kappa shape index (κ3) is 4.86. The number of hydrogen-bond acceptors (Lipinski definition) is 5. The Morgan fingerprint density at radius 1 is 1.21 bits per heavy atom. The average molecular weight is 465 g/mol. The van der Waals surface area contributed by atoms with Gasteiger partial charge in [0.25, 0.3) is 0 Å². The molecule has 1 amide bonds. The first-order valence-electron chi connectivity index (χ1n) is 10.2. The molecule has 2 aromatic heterocycles. The van der Waals surface area contributed by atoms with Crippen LogP contribution in [-0.2, 0) is 11.0 Å². The molecule has 33 heavy (non-hydrogen) atoms. The lowest BCUT2D eigenvalue weighted by Gasteiger charge is -2.28. The van der Waals surface area contributed by atoms with Gasteiger partial charge < -0.3 is 10.6 Å². The average Bonchev–Trinajstić information content (AvgIpc) is 3.50. The second kappa shape index (κ2) is 8.53. The molecule has 2 heterocycles. The molecule has 2 aliphatic rings. The van der Waals surface area contributed by atoms with Crippen molar-refractivity contribution in [3.05, 3.63) is 65.9 Å². The Morgan fingerprint density at radius 3 is 2.67 bits per heavy atom. The van der Waals surface area contributed by atoms with Gasteiger partial charge in [-0.25, -0.2) is 23.7 Å². The molecule has 1 fully saturated rings. The van der Waals surface area contributed by atoms with Gasteiger partial charge in [0.05, 0.1) is 18.1 Å². The van der Waals surface area contributed by atoms with Crippen molar-refractivity contribution in [1.29, 1.82) is 0 Å². The molecule has 174 valence electrons. The Hall–Kier alpha value is -3.37. The molecule has 2 aliphatic carbocycles. The zero-order valence-electron chi connectivity index (χ0n) is 17.5. The number of carbonyl (C=O) groups is 1. The smallest absolute Gasteiger partial charge is 0.381 e. The van der Waals surface area contributed by atoms with Crippen molar-refractivity contribution in [3.63, 3.8) is 0 Å². The van der Waals surface area contributed by atoms with E-state index in [1.807, 2.05) is 0 Å². The number of halogens is 5. The van der Waals surface area contributed by atoms with Gasteiger partial charge >= 0.3 is 6.18 Å². The Kier molecular flexibility index (Phi) is 5.89. The second-order valence-electron chi connectivity index (χ2n) is 8.18. The van der Waals surface area contributed by atoms with Gasteiger partial charge in [0, 0.05) is 24.3 Å². The van der Waals surface area contributed by atoms with Gasteiger partial charge in [0.1, 0.15) is 23.3 Å². The highest BCUT2D eigenvalue weighted by atomic mass is 19.4. The van der Waals surface area contributed by atoms with E-state index in [1.165, 1.54) is 25.1 Å². The Balaban J connectivity index is 1.56. The van der Waals surface area contributed by atoms with Gasteiger partial charge in [-0.2, -0.15) is 13.2 Å². The number of nitrogens with one attached hydrogen (secondary N) is 2. The van der Waals surface area contributed by atoms with E-state index in [-0.39, 0.29) is 36.1 Å². The van der Waals surface area contributed by atoms with Crippen LogP contribution in [0.3, 0.4) is 0 Å². The molecule has 1 saturated carbocycles. The summed E-state index contributed by atoms with van der Waals surface area (Å²) in [6.07, 6.45) is 2.27. The number of anilines is 2. The molecule has 0 spiro atoms. The summed E-state index contributed by atoms with van der Waals surface area (Å²) >= 11 is 0. The van der Waals surface area contributed by atoms with E-state index in [9.17, 15) is 26.7 Å². The lowest BCUT2D eigenvalue weighted by Crippen LogP contribution is -2.31. The maximum atomic E-state index is 14.0. The van der Waals surface area contributed by atoms with Gasteiger partial charge in [-0.15, -0.1) is 0 Å². The summed E-state index contributed by atoms with van der Waals surface area (Å²) in [5.74, 6) is -2.26. The van der Waals surface area contributed by atoms with E-state index in [1.54, 1.807) is 6.08 Å². The van der Waals surface area contributed by atoms with Crippen LogP contribution in [0.4, 0.5) is 33.5 Å². The summed E-state index contributed by atoms with van der Waals surface area (Å²) in [6, 6.07) is 2.45. The summed E-state index contributed by atoms with van der Waals surface area (Å²) in [5.41, 5.74) is -2.25. The minimum Gasteiger partial charge on any atom is -0.381 e. The zero-order chi connectivity index (χ0) is 23.8. The molecule has 0 radical (unpaired) electrons. The molecule has 2 aromatic rings. The van der Waals surface area contributed by atoms with Crippen LogP contribution in [0.25, 0.3) is 0 Å². The summed E-state index contributed by atoms with van der Waals surface area (Å²) in [6.45, 7) is 1.33. The van der Waals surface area contributed by atoms with Crippen LogP contribution in [0.15, 0.2) is 48.6 Å². The molecule has 1 unspecified atom stereocenters. The minimum atomic E-state index is -4.70. The first-order valence-corrected chi connectivity index (χ1v) is 10.2. The summed E-state index contributed by atoms with van der Waals surface area (Å²) < 4.78 is 67.4. The number of hydrogen-bond donors (Lipinski definition) is 2. The van der Waals surface area contributed by atoms with E-state index < -0.39 is 40.8 Å². The molecule has 0 aromatic carbocycles. The standard InChI is InChI=1S/C22H20F5N5O/c1-12-28-10-17(19(31-12)22(25,26)27)30-11-21(13-3-2-4-14(23)7-13)8-16(21)20(33)32-18-6-5-15(24)9-29-18/h2-6,9-10,13,16,30H,7-8,11H2,1H3,(H,29,32,33)/t13?,16-,21+/m0/s1. The number of rotatable bonds is 6. The topological polar surface area (TPSA) is 79.8 Å². The number of aryl methyl sites for hydroxylation is 1. The maximum absolute atomic E-state index is 14.0. The van der Waals surface area contributed by atoms with Crippen molar-refractivity contribution in [3.8, 4) is 0 Å². The van der Waals surface area contributed by atoms with Crippen molar-refractivity contribution in [1.82, 2.24) is 15.0 Å². The molecular formula is C22H20F5N5O. The molecule has 11 heteroatoms. The lowest BCUT2D eigenvalue weighted by molar-refractivity contribution is -0.140. The van der Waals surface area contributed by atoms with E-state index in [4.69, 9.17) is 0 Å². The first kappa shape index (κ1) is 22.8. The summed E-state index contributed by atoms with van der Waals surface area (Å²) in [5, 5.41) is 5.35. The van der Waals surface area contributed by atoms with Crippen molar-refractivity contribution >= 4 is 17.4 Å². The van der Waals surface area contributed by atoms with Gasteiger partial charge in [0.2, 0.25) is 5.91 Å². The molecule has 4 rings (SSSR count). The molecule has 2 N–H and O–H groups in total. The largest absolute Gasteiger partial charge is 0.435 e. The van der Waals surface area contributed by atoms with Crippen molar-refractivity contribution < 1.29 is 26.7 Å². The minimum absolute atomic E-state index is 0.0273. The predicted octanol–water partition coefficient (Wildman–Crippen LogP) is 4.82. The quantitative estimate of drug-likeness (QED) is 0.598. The highest BCUT2D eigenvalue weighted by Crippen LogP contribution is 2.60. The van der Waals surface area contributed by atoms with Gasteiger partial charge in [-0.1, -0.05) is 12.2 Å².